The van der Waals surface area contributed by atoms with Gasteiger partial charge in [-0.2, -0.15) is 0 Å². The van der Waals surface area contributed by atoms with E-state index in [1.807, 2.05) is 0 Å². The van der Waals surface area contributed by atoms with Gasteiger partial charge in [0.1, 0.15) is 0 Å². The van der Waals surface area contributed by atoms with Gasteiger partial charge in [-0.1, -0.05) is 152 Å². The van der Waals surface area contributed by atoms with Crippen LogP contribution in [0.2, 0.25) is 0 Å². The van der Waals surface area contributed by atoms with Crippen LogP contribution in [0.1, 0.15) is 0 Å². The normalized spacial score (nSPS) is 12.1. The fourth-order valence-corrected chi connectivity index (χ4v) is 10.9. The first-order valence-electron chi connectivity index (χ1n) is 21.8. The van der Waals surface area contributed by atoms with Gasteiger partial charge in [0.15, 0.2) is 0 Å². The Morgan fingerprint density at radius 3 is 0.810 bits per heavy atom. The monoisotopic (exact) mass is 799 g/mol. The standard InChI is InChI=1S/C60H37N3/c1-2-16-42-41(15-1)45-32-29-38(61-55-24-10-5-19-47(55)48-20-6-11-25-56(48)61)35-52(45)43-17-3-4-18-44(43)53-36-39(30-33-46(42)53)63-59-28-14-9-23-51(59)54-37-40(31-34-60(54)63)62-57-26-12-7-21-49(57)50-22-8-13-27-58(50)62/h1-37H. The molecule has 0 radical (unpaired) electrons. The second kappa shape index (κ2) is 13.1. The lowest BCUT2D eigenvalue weighted by molar-refractivity contribution is 1.17. The van der Waals surface area contributed by atoms with Crippen LogP contribution in [0.5, 0.6) is 0 Å². The third-order valence-corrected chi connectivity index (χ3v) is 13.6. The molecule has 3 heteroatoms. The van der Waals surface area contributed by atoms with E-state index >= 15 is 0 Å². The molecular weight excluding hydrogens is 763 g/mol. The highest BCUT2D eigenvalue weighted by molar-refractivity contribution is 6.13. The van der Waals surface area contributed by atoms with Crippen LogP contribution in [-0.4, -0.2) is 13.7 Å². The molecule has 0 saturated carbocycles. The van der Waals surface area contributed by atoms with Gasteiger partial charge in [0, 0.05) is 49.4 Å². The molecule has 0 spiro atoms. The Labute approximate surface area is 363 Å². The van der Waals surface area contributed by atoms with Crippen molar-refractivity contribution in [1.29, 1.82) is 0 Å². The molecule has 13 aromatic rings. The Morgan fingerprint density at radius 2 is 0.429 bits per heavy atom. The summed E-state index contributed by atoms with van der Waals surface area (Å²) in [4.78, 5) is 0. The van der Waals surface area contributed by atoms with Crippen molar-refractivity contribution in [2.24, 2.45) is 0 Å². The van der Waals surface area contributed by atoms with Crippen LogP contribution in [0.25, 0.3) is 127 Å². The Bertz CT molecular complexity index is 3930. The van der Waals surface area contributed by atoms with Crippen LogP contribution in [-0.2, 0) is 0 Å². The zero-order valence-electron chi connectivity index (χ0n) is 34.2. The molecule has 1 aliphatic carbocycles. The van der Waals surface area contributed by atoms with Crippen molar-refractivity contribution in [3.05, 3.63) is 224 Å². The number of hydrogen-bond donors (Lipinski definition) is 0. The van der Waals surface area contributed by atoms with Gasteiger partial charge >= 0.3 is 0 Å². The lowest BCUT2D eigenvalue weighted by Gasteiger charge is -2.24. The van der Waals surface area contributed by atoms with Crippen LogP contribution >= 0.6 is 0 Å². The van der Waals surface area contributed by atoms with Crippen molar-refractivity contribution < 1.29 is 0 Å². The maximum atomic E-state index is 2.46. The molecule has 14 rings (SSSR count). The summed E-state index contributed by atoms with van der Waals surface area (Å²) in [5.41, 5.74) is 20.5. The van der Waals surface area contributed by atoms with E-state index in [9.17, 15) is 0 Å². The maximum Gasteiger partial charge on any atom is 0.0542 e. The fourth-order valence-electron chi connectivity index (χ4n) is 10.9. The topological polar surface area (TPSA) is 14.8 Å². The Hall–Kier alpha value is -8.40. The first-order chi connectivity index (χ1) is 31.3. The summed E-state index contributed by atoms with van der Waals surface area (Å²) in [6.07, 6.45) is 0. The number of para-hydroxylation sites is 5. The molecule has 0 unspecified atom stereocenters. The number of rotatable bonds is 3. The molecule has 0 N–H and O–H groups in total. The molecule has 3 aromatic heterocycles. The van der Waals surface area contributed by atoms with Crippen molar-refractivity contribution in [2.75, 3.05) is 0 Å². The molecule has 3 heterocycles. The quantitative estimate of drug-likeness (QED) is 0.169. The van der Waals surface area contributed by atoms with Gasteiger partial charge in [-0.3, -0.25) is 0 Å². The van der Waals surface area contributed by atoms with Crippen molar-refractivity contribution in [1.82, 2.24) is 13.7 Å². The zero-order valence-corrected chi connectivity index (χ0v) is 34.2. The van der Waals surface area contributed by atoms with Gasteiger partial charge in [0.05, 0.1) is 33.1 Å². The molecule has 0 atom stereocenters. The molecule has 63 heavy (non-hydrogen) atoms. The molecule has 0 saturated heterocycles. The average Bonchev–Trinajstić information content (AvgIpc) is 3.99. The second-order valence-corrected chi connectivity index (χ2v) is 16.8. The van der Waals surface area contributed by atoms with Crippen molar-refractivity contribution in [2.45, 2.75) is 0 Å². The summed E-state index contributed by atoms with van der Waals surface area (Å²) >= 11 is 0. The van der Waals surface area contributed by atoms with E-state index in [4.69, 9.17) is 0 Å². The van der Waals surface area contributed by atoms with Crippen molar-refractivity contribution >= 4 is 65.4 Å². The smallest absolute Gasteiger partial charge is 0.0542 e. The summed E-state index contributed by atoms with van der Waals surface area (Å²) < 4.78 is 7.31. The number of nitrogens with zero attached hydrogens (tertiary/aromatic N) is 3. The van der Waals surface area contributed by atoms with Gasteiger partial charge in [0.25, 0.3) is 0 Å². The van der Waals surface area contributed by atoms with Gasteiger partial charge in [0.2, 0.25) is 0 Å². The van der Waals surface area contributed by atoms with Crippen LogP contribution in [0.15, 0.2) is 224 Å². The SMILES string of the molecule is c1ccc2c(c1)-c1ccc(-n3c4ccccc4c4ccccc43)cc1-c1ccccc1-c1cc(-n3c4ccccc4c4cc(-n5c6ccccc6c6ccccc65)ccc43)ccc1-2. The third-order valence-electron chi connectivity index (χ3n) is 13.6. The van der Waals surface area contributed by atoms with E-state index < -0.39 is 0 Å². The van der Waals surface area contributed by atoms with Gasteiger partial charge < -0.3 is 13.7 Å². The van der Waals surface area contributed by atoms with E-state index in [1.165, 1.54) is 110 Å². The van der Waals surface area contributed by atoms with Crippen LogP contribution < -0.4 is 0 Å². The molecule has 10 aromatic carbocycles. The second-order valence-electron chi connectivity index (χ2n) is 16.8. The summed E-state index contributed by atoms with van der Waals surface area (Å²) in [6.45, 7) is 0. The molecule has 0 aliphatic heterocycles. The van der Waals surface area contributed by atoms with Crippen molar-refractivity contribution in [3.8, 4) is 61.6 Å². The predicted octanol–water partition coefficient (Wildman–Crippen LogP) is 16.0. The Morgan fingerprint density at radius 1 is 0.175 bits per heavy atom. The summed E-state index contributed by atoms with van der Waals surface area (Å²) in [5, 5.41) is 7.53. The number of aromatic nitrogens is 3. The third kappa shape index (κ3) is 4.85. The molecule has 1 aliphatic rings. The highest BCUT2D eigenvalue weighted by atomic mass is 15.0. The molecular formula is C60H37N3. The minimum Gasteiger partial charge on any atom is -0.309 e. The van der Waals surface area contributed by atoms with Gasteiger partial charge in [-0.25, -0.2) is 0 Å². The number of benzene rings is 10. The first-order valence-corrected chi connectivity index (χ1v) is 21.8. The van der Waals surface area contributed by atoms with Gasteiger partial charge in [-0.15, -0.1) is 0 Å². The van der Waals surface area contributed by atoms with E-state index in [0.29, 0.717) is 0 Å². The van der Waals surface area contributed by atoms with Crippen molar-refractivity contribution in [3.63, 3.8) is 0 Å². The van der Waals surface area contributed by atoms with E-state index in [0.717, 1.165) is 17.1 Å². The zero-order chi connectivity index (χ0) is 41.2. The van der Waals surface area contributed by atoms with E-state index in [-0.39, 0.29) is 0 Å². The lowest BCUT2D eigenvalue weighted by atomic mass is 9.80. The number of hydrogen-bond acceptors (Lipinski definition) is 0. The van der Waals surface area contributed by atoms with E-state index in [1.54, 1.807) is 0 Å². The largest absolute Gasteiger partial charge is 0.309 e. The predicted molar refractivity (Wildman–Crippen MR) is 265 cm³/mol. The highest BCUT2D eigenvalue weighted by Crippen LogP contribution is 2.49. The lowest BCUT2D eigenvalue weighted by Crippen LogP contribution is -2.01. The molecule has 3 nitrogen and oxygen atoms in total. The molecule has 0 amide bonds. The average molecular weight is 800 g/mol. The fraction of sp³-hybridized carbons (Fsp3) is 0. The maximum absolute atomic E-state index is 2.46. The summed E-state index contributed by atoms with van der Waals surface area (Å²) in [5.74, 6) is 0. The van der Waals surface area contributed by atoms with Crippen LogP contribution in [0, 0.1) is 0 Å². The Kier molecular flexibility index (Phi) is 7.11. The minimum absolute atomic E-state index is 1.14. The molecule has 0 fully saturated rings. The first kappa shape index (κ1) is 34.3. The van der Waals surface area contributed by atoms with Crippen LogP contribution in [0.4, 0.5) is 0 Å². The number of fused-ring (bicyclic) bond motifs is 17. The van der Waals surface area contributed by atoms with Gasteiger partial charge in [-0.05, 0) is 117 Å². The summed E-state index contributed by atoms with van der Waals surface area (Å²) in [6, 6.07) is 83.0. The minimum atomic E-state index is 1.14. The molecule has 0 bridgehead atoms. The highest BCUT2D eigenvalue weighted by Gasteiger charge is 2.25. The van der Waals surface area contributed by atoms with E-state index in [2.05, 4.69) is 238 Å². The summed E-state index contributed by atoms with van der Waals surface area (Å²) in [7, 11) is 0. The van der Waals surface area contributed by atoms with Crippen LogP contribution in [0.3, 0.4) is 0 Å². The Balaban J connectivity index is 0.994. The molecule has 292 valence electrons.